The number of methoxy groups -OCH3 is 1. The molecule has 4 aromatic rings. The van der Waals surface area contributed by atoms with Gasteiger partial charge in [-0.25, -0.2) is 4.98 Å². The monoisotopic (exact) mass is 496 g/mol. The predicted octanol–water partition coefficient (Wildman–Crippen LogP) is 3.89. The van der Waals surface area contributed by atoms with Crippen molar-refractivity contribution in [2.75, 3.05) is 18.2 Å². The van der Waals surface area contributed by atoms with E-state index in [0.29, 0.717) is 28.2 Å². The van der Waals surface area contributed by atoms with Gasteiger partial charge in [0.15, 0.2) is 16.1 Å². The van der Waals surface area contributed by atoms with E-state index in [1.54, 1.807) is 13.2 Å². The van der Waals surface area contributed by atoms with Crippen molar-refractivity contribution in [2.24, 2.45) is 0 Å². The molecule has 0 atom stereocenters. The van der Waals surface area contributed by atoms with Crippen LogP contribution in [0.15, 0.2) is 47.6 Å². The molecule has 0 fully saturated rings. The Morgan fingerprint density at radius 1 is 1.18 bits per heavy atom. The molecule has 0 aliphatic carbocycles. The molecule has 0 aliphatic heterocycles. The van der Waals surface area contributed by atoms with Crippen LogP contribution in [0.4, 0.5) is 5.13 Å². The normalized spacial score (nSPS) is 10.9. The van der Waals surface area contributed by atoms with E-state index in [4.69, 9.17) is 4.74 Å². The first-order chi connectivity index (χ1) is 16.5. The minimum absolute atomic E-state index is 0.160. The Bertz CT molecular complexity index is 1330. The highest BCUT2D eigenvalue weighted by molar-refractivity contribution is 7.99. The number of aryl methyl sites for hydroxylation is 1. The maximum Gasteiger partial charge on any atom is 0.251 e. The molecule has 0 aliphatic rings. The lowest BCUT2D eigenvalue weighted by atomic mass is 10.1. The number of thiazole rings is 1. The number of ether oxygens (including phenoxy) is 1. The predicted molar refractivity (Wildman–Crippen MR) is 134 cm³/mol. The Hall–Kier alpha value is -3.44. The number of anilines is 1. The maximum absolute atomic E-state index is 12.5. The van der Waals surface area contributed by atoms with Crippen LogP contribution in [0.5, 0.6) is 5.75 Å². The quantitative estimate of drug-likeness (QED) is 0.338. The van der Waals surface area contributed by atoms with Crippen LogP contribution in [0.3, 0.4) is 0 Å². The molecule has 0 saturated carbocycles. The van der Waals surface area contributed by atoms with Crippen LogP contribution in [-0.4, -0.2) is 44.4 Å². The second kappa shape index (κ2) is 10.7. The highest BCUT2D eigenvalue weighted by atomic mass is 32.2. The SMILES string of the molecule is CCn1c(CNC(=O)c2cccc(C)c2)nnc1SCC(=O)Nc1nc2ccc(OC)cc2s1. The first kappa shape index (κ1) is 23.7. The van der Waals surface area contributed by atoms with E-state index in [9.17, 15) is 9.59 Å². The molecule has 0 bridgehead atoms. The molecule has 0 unspecified atom stereocenters. The van der Waals surface area contributed by atoms with Gasteiger partial charge in [-0.3, -0.25) is 9.59 Å². The van der Waals surface area contributed by atoms with Crippen LogP contribution in [0.2, 0.25) is 0 Å². The molecule has 0 saturated heterocycles. The molecule has 2 aromatic carbocycles. The van der Waals surface area contributed by atoms with Gasteiger partial charge in [0.25, 0.3) is 5.91 Å². The van der Waals surface area contributed by atoms with Crippen LogP contribution in [0.25, 0.3) is 10.2 Å². The Morgan fingerprint density at radius 2 is 2.03 bits per heavy atom. The number of nitrogens with zero attached hydrogens (tertiary/aromatic N) is 4. The van der Waals surface area contributed by atoms with Gasteiger partial charge >= 0.3 is 0 Å². The number of nitrogens with one attached hydrogen (secondary N) is 2. The minimum atomic E-state index is -0.184. The van der Waals surface area contributed by atoms with Crippen molar-refractivity contribution < 1.29 is 14.3 Å². The molecule has 0 radical (unpaired) electrons. The van der Waals surface area contributed by atoms with Gasteiger partial charge in [-0.15, -0.1) is 10.2 Å². The zero-order valence-corrected chi connectivity index (χ0v) is 20.6. The first-order valence-electron chi connectivity index (χ1n) is 10.6. The average molecular weight is 497 g/mol. The Morgan fingerprint density at radius 3 is 2.79 bits per heavy atom. The third-order valence-corrected chi connectivity index (χ3v) is 6.87. The minimum Gasteiger partial charge on any atom is -0.497 e. The van der Waals surface area contributed by atoms with Gasteiger partial charge in [-0.2, -0.15) is 0 Å². The second-order valence-corrected chi connectivity index (χ2v) is 9.36. The van der Waals surface area contributed by atoms with Gasteiger partial charge in [-0.05, 0) is 44.2 Å². The molecule has 0 spiro atoms. The summed E-state index contributed by atoms with van der Waals surface area (Å²) in [5, 5.41) is 15.3. The fraction of sp³-hybridized carbons (Fsp3) is 0.261. The highest BCUT2D eigenvalue weighted by Gasteiger charge is 2.15. The number of rotatable bonds is 9. The van der Waals surface area contributed by atoms with Gasteiger partial charge in [-0.1, -0.05) is 40.8 Å². The Labute approximate surface area is 204 Å². The lowest BCUT2D eigenvalue weighted by molar-refractivity contribution is -0.113. The number of thioether (sulfide) groups is 1. The van der Waals surface area contributed by atoms with Gasteiger partial charge in [0.2, 0.25) is 5.91 Å². The molecule has 2 N–H and O–H groups in total. The fourth-order valence-electron chi connectivity index (χ4n) is 3.29. The van der Waals surface area contributed by atoms with Crippen LogP contribution < -0.4 is 15.4 Å². The van der Waals surface area contributed by atoms with Crippen molar-refractivity contribution in [3.63, 3.8) is 0 Å². The van der Waals surface area contributed by atoms with E-state index in [0.717, 1.165) is 21.5 Å². The largest absolute Gasteiger partial charge is 0.497 e. The Balaban J connectivity index is 1.34. The highest BCUT2D eigenvalue weighted by Crippen LogP contribution is 2.29. The van der Waals surface area contributed by atoms with E-state index in [2.05, 4.69) is 25.8 Å². The number of aromatic nitrogens is 4. The summed E-state index contributed by atoms with van der Waals surface area (Å²) < 4.78 is 8.05. The number of carbonyl (C=O) groups is 2. The maximum atomic E-state index is 12.5. The summed E-state index contributed by atoms with van der Waals surface area (Å²) in [4.78, 5) is 29.4. The van der Waals surface area contributed by atoms with Crippen molar-refractivity contribution >= 4 is 50.3 Å². The fourth-order valence-corrected chi connectivity index (χ4v) is 5.02. The van der Waals surface area contributed by atoms with Crippen molar-refractivity contribution in [3.05, 3.63) is 59.4 Å². The zero-order chi connectivity index (χ0) is 24.1. The van der Waals surface area contributed by atoms with Crippen molar-refractivity contribution in [3.8, 4) is 5.75 Å². The zero-order valence-electron chi connectivity index (χ0n) is 19.0. The van der Waals surface area contributed by atoms with Crippen LogP contribution >= 0.6 is 23.1 Å². The number of fused-ring (bicyclic) bond motifs is 1. The van der Waals surface area contributed by atoms with E-state index < -0.39 is 0 Å². The van der Waals surface area contributed by atoms with E-state index in [1.807, 2.05) is 54.8 Å². The van der Waals surface area contributed by atoms with Gasteiger partial charge in [0.1, 0.15) is 5.75 Å². The van der Waals surface area contributed by atoms with Crippen molar-refractivity contribution in [1.82, 2.24) is 25.1 Å². The molecule has 2 heterocycles. The molecular formula is C23H24N6O3S2. The first-order valence-corrected chi connectivity index (χ1v) is 12.4. The van der Waals surface area contributed by atoms with Crippen LogP contribution in [0, 0.1) is 6.92 Å². The summed E-state index contributed by atoms with van der Waals surface area (Å²) in [6.07, 6.45) is 0. The third-order valence-electron chi connectivity index (χ3n) is 4.97. The second-order valence-electron chi connectivity index (χ2n) is 7.38. The molecule has 2 aromatic heterocycles. The molecule has 34 heavy (non-hydrogen) atoms. The van der Waals surface area contributed by atoms with E-state index >= 15 is 0 Å². The lowest BCUT2D eigenvalue weighted by Crippen LogP contribution is -2.25. The van der Waals surface area contributed by atoms with Gasteiger partial charge in [0.05, 0.1) is 29.6 Å². The molecule has 11 heteroatoms. The summed E-state index contributed by atoms with van der Waals surface area (Å²) in [6, 6.07) is 13.0. The van der Waals surface area contributed by atoms with E-state index in [-0.39, 0.29) is 24.1 Å². The number of carbonyl (C=O) groups excluding carboxylic acids is 2. The van der Waals surface area contributed by atoms with Crippen molar-refractivity contribution in [2.45, 2.75) is 32.1 Å². The van der Waals surface area contributed by atoms with Crippen LogP contribution in [-0.2, 0) is 17.9 Å². The number of benzene rings is 2. The third kappa shape index (κ3) is 5.54. The summed E-state index contributed by atoms with van der Waals surface area (Å²) in [7, 11) is 1.61. The summed E-state index contributed by atoms with van der Waals surface area (Å²) in [5.41, 5.74) is 2.42. The molecular weight excluding hydrogens is 472 g/mol. The standard InChI is InChI=1S/C23H24N6O3S2/c1-4-29-19(12-24-21(31)15-7-5-6-14(2)10-15)27-28-23(29)33-13-20(30)26-22-25-17-9-8-16(32-3)11-18(17)34-22/h5-11H,4,12-13H2,1-3H3,(H,24,31)(H,25,26,30). The van der Waals surface area contributed by atoms with E-state index in [1.165, 1.54) is 23.1 Å². The smallest absolute Gasteiger partial charge is 0.251 e. The van der Waals surface area contributed by atoms with Crippen LogP contribution in [0.1, 0.15) is 28.7 Å². The van der Waals surface area contributed by atoms with Gasteiger partial charge in [0, 0.05) is 12.1 Å². The summed E-state index contributed by atoms with van der Waals surface area (Å²) in [5.74, 6) is 1.18. The number of amides is 2. The van der Waals surface area contributed by atoms with Crippen molar-refractivity contribution in [1.29, 1.82) is 0 Å². The summed E-state index contributed by atoms with van der Waals surface area (Å²) >= 11 is 2.68. The average Bonchev–Trinajstić information content (AvgIpc) is 3.43. The lowest BCUT2D eigenvalue weighted by Gasteiger charge is -2.09. The summed E-state index contributed by atoms with van der Waals surface area (Å²) in [6.45, 7) is 4.77. The number of hydrogen-bond donors (Lipinski definition) is 2. The number of hydrogen-bond acceptors (Lipinski definition) is 8. The topological polar surface area (TPSA) is 111 Å². The molecule has 9 nitrogen and oxygen atoms in total. The molecule has 176 valence electrons. The Kier molecular flexibility index (Phi) is 7.43. The molecule has 2 amide bonds. The van der Waals surface area contributed by atoms with Gasteiger partial charge < -0.3 is 19.9 Å². The molecule has 4 rings (SSSR count).